The Hall–Kier alpha value is -0.508. The van der Waals surface area contributed by atoms with Gasteiger partial charge in [0.2, 0.25) is 0 Å². The molecule has 1 aromatic carbocycles. The van der Waals surface area contributed by atoms with Gasteiger partial charge in [0.25, 0.3) is 14.1 Å². The minimum atomic E-state index is -0.958. The molecule has 0 aliphatic rings. The number of rotatable bonds is 7. The van der Waals surface area contributed by atoms with E-state index < -0.39 is 14.1 Å². The van der Waals surface area contributed by atoms with E-state index in [9.17, 15) is 0 Å². The fourth-order valence-corrected chi connectivity index (χ4v) is 8.23. The zero-order chi connectivity index (χ0) is 20.3. The van der Waals surface area contributed by atoms with Crippen molar-refractivity contribution in [2.45, 2.75) is 95.4 Å². The fraction of sp³-hybridized carbons (Fsp3) is 0.680. The SMILES string of the molecule is C=C[CH](c1cc(C(C)(C)C)cc(C(C)(C)C)c1)[Al]([CH2]C(C)C)[CH2]C(C)C. The Morgan fingerprint density at radius 1 is 0.808 bits per heavy atom. The van der Waals surface area contributed by atoms with Gasteiger partial charge in [0.05, 0.1) is 0 Å². The lowest BCUT2D eigenvalue weighted by Crippen LogP contribution is -2.27. The normalized spacial score (nSPS) is 14.0. The maximum Gasteiger partial charge on any atom is 0.277 e. The quantitative estimate of drug-likeness (QED) is 0.338. The van der Waals surface area contributed by atoms with E-state index in [2.05, 4.69) is 100 Å². The molecule has 0 amide bonds. The Morgan fingerprint density at radius 2 is 1.19 bits per heavy atom. The minimum absolute atomic E-state index is 0.175. The van der Waals surface area contributed by atoms with Crippen molar-refractivity contribution in [2.75, 3.05) is 0 Å². The van der Waals surface area contributed by atoms with E-state index in [4.69, 9.17) is 0 Å². The van der Waals surface area contributed by atoms with Gasteiger partial charge in [0.1, 0.15) is 0 Å². The maximum absolute atomic E-state index is 4.29. The van der Waals surface area contributed by atoms with Crippen LogP contribution in [0.4, 0.5) is 0 Å². The van der Waals surface area contributed by atoms with Crippen molar-refractivity contribution in [3.63, 3.8) is 0 Å². The van der Waals surface area contributed by atoms with Crippen molar-refractivity contribution < 1.29 is 0 Å². The van der Waals surface area contributed by atoms with E-state index in [0.717, 1.165) is 11.8 Å². The van der Waals surface area contributed by atoms with Crippen LogP contribution in [-0.4, -0.2) is 14.1 Å². The Bertz CT molecular complexity index is 539. The molecule has 0 radical (unpaired) electrons. The minimum Gasteiger partial charge on any atom is -0.104 e. The zero-order valence-corrected chi connectivity index (χ0v) is 20.4. The van der Waals surface area contributed by atoms with E-state index >= 15 is 0 Å². The van der Waals surface area contributed by atoms with Crippen LogP contribution >= 0.6 is 0 Å². The average molecular weight is 371 g/mol. The van der Waals surface area contributed by atoms with E-state index in [-0.39, 0.29) is 10.8 Å². The van der Waals surface area contributed by atoms with E-state index in [1.807, 2.05) is 0 Å². The van der Waals surface area contributed by atoms with Gasteiger partial charge in [-0.25, -0.2) is 0 Å². The molecule has 1 unspecified atom stereocenters. The van der Waals surface area contributed by atoms with Gasteiger partial charge in [-0.3, -0.25) is 0 Å². The average Bonchev–Trinajstić information content (AvgIpc) is 2.44. The molecule has 26 heavy (non-hydrogen) atoms. The van der Waals surface area contributed by atoms with Crippen LogP contribution in [0.3, 0.4) is 0 Å². The lowest BCUT2D eigenvalue weighted by atomic mass is 9.79. The van der Waals surface area contributed by atoms with E-state index in [1.54, 1.807) is 0 Å². The third kappa shape index (κ3) is 6.90. The standard InChI is InChI=1S/C17H25.2C4H9.Al/c1-8-9-13-10-14(16(2,3)4)12-15(11-13)17(5,6)7;2*1-4(2)3;/h8-12H,1H2,2-7H3;2*4H,1H2,2-3H3;. The summed E-state index contributed by atoms with van der Waals surface area (Å²) in [7, 11) is 0. The van der Waals surface area contributed by atoms with E-state index in [1.165, 1.54) is 27.3 Å². The predicted octanol–water partition coefficient (Wildman–Crippen LogP) is 7.90. The second-order valence-corrected chi connectivity index (χ2v) is 14.3. The molecule has 0 saturated carbocycles. The Labute approximate surface area is 168 Å². The van der Waals surface area contributed by atoms with Gasteiger partial charge in [-0.05, 0) is 26.7 Å². The largest absolute Gasteiger partial charge is 0.277 e. The topological polar surface area (TPSA) is 0 Å². The molecule has 1 heteroatoms. The van der Waals surface area contributed by atoms with E-state index in [0.29, 0.717) is 4.78 Å². The molecule has 1 rings (SSSR count). The number of allylic oxidation sites excluding steroid dienone is 1. The summed E-state index contributed by atoms with van der Waals surface area (Å²) in [6, 6.07) is 7.41. The molecule has 0 fully saturated rings. The summed E-state index contributed by atoms with van der Waals surface area (Å²) in [5, 5.41) is 2.80. The van der Waals surface area contributed by atoms with Gasteiger partial charge in [-0.15, -0.1) is 6.58 Å². The summed E-state index contributed by atoms with van der Waals surface area (Å²) in [5.41, 5.74) is 4.81. The van der Waals surface area contributed by atoms with Gasteiger partial charge in [0, 0.05) is 0 Å². The second kappa shape index (κ2) is 9.12. The van der Waals surface area contributed by atoms with Crippen LogP contribution in [0.1, 0.15) is 90.7 Å². The van der Waals surface area contributed by atoms with Crippen LogP contribution in [0.5, 0.6) is 0 Å². The van der Waals surface area contributed by atoms with Crippen molar-refractivity contribution in [2.24, 2.45) is 11.8 Å². The molecule has 1 atom stereocenters. The zero-order valence-electron chi connectivity index (χ0n) is 19.2. The van der Waals surface area contributed by atoms with Crippen LogP contribution in [0.25, 0.3) is 0 Å². The van der Waals surface area contributed by atoms with Gasteiger partial charge < -0.3 is 0 Å². The molecule has 1 aromatic rings. The molecule has 0 aliphatic carbocycles. The monoisotopic (exact) mass is 370 g/mol. The number of benzene rings is 1. The first-order chi connectivity index (χ1) is 11.8. The summed E-state index contributed by atoms with van der Waals surface area (Å²) < 4.78 is 0.572. The second-order valence-electron chi connectivity index (χ2n) is 11.1. The van der Waals surface area contributed by atoms with Gasteiger partial charge in [-0.1, -0.05) is 121 Å². The Balaban J connectivity index is 3.48. The third-order valence-corrected chi connectivity index (χ3v) is 10.2. The molecule has 0 nitrogen and oxygen atoms in total. The lowest BCUT2D eigenvalue weighted by Gasteiger charge is -2.30. The first-order valence-electron chi connectivity index (χ1n) is 10.5. The van der Waals surface area contributed by atoms with Gasteiger partial charge in [0.15, 0.2) is 0 Å². The highest BCUT2D eigenvalue weighted by molar-refractivity contribution is 6.61. The third-order valence-electron chi connectivity index (χ3n) is 5.38. The highest BCUT2D eigenvalue weighted by Crippen LogP contribution is 2.36. The first-order valence-corrected chi connectivity index (χ1v) is 12.8. The molecule has 0 saturated heterocycles. The van der Waals surface area contributed by atoms with Crippen molar-refractivity contribution in [1.82, 2.24) is 0 Å². The van der Waals surface area contributed by atoms with Crippen molar-refractivity contribution in [1.29, 1.82) is 0 Å². The molecule has 0 aliphatic heterocycles. The van der Waals surface area contributed by atoms with Gasteiger partial charge in [-0.2, -0.15) is 0 Å². The first kappa shape index (κ1) is 23.5. The van der Waals surface area contributed by atoms with Crippen LogP contribution < -0.4 is 0 Å². The van der Waals surface area contributed by atoms with Crippen molar-refractivity contribution in [3.05, 3.63) is 47.5 Å². The van der Waals surface area contributed by atoms with Crippen LogP contribution in [-0.2, 0) is 10.8 Å². The Morgan fingerprint density at radius 3 is 1.46 bits per heavy atom. The molecule has 0 heterocycles. The molecule has 146 valence electrons. The van der Waals surface area contributed by atoms with Crippen LogP contribution in [0.2, 0.25) is 10.6 Å². The summed E-state index contributed by atoms with van der Waals surface area (Å²) in [5.74, 6) is 1.56. The lowest BCUT2D eigenvalue weighted by molar-refractivity contribution is 0.567. The summed E-state index contributed by atoms with van der Waals surface area (Å²) in [6.45, 7) is 27.8. The fourth-order valence-electron chi connectivity index (χ4n) is 3.91. The molecule has 0 aromatic heterocycles. The molecule has 0 spiro atoms. The summed E-state index contributed by atoms with van der Waals surface area (Å²) in [4.78, 5) is 0. The maximum atomic E-state index is 4.29. The molecule has 0 N–H and O–H groups in total. The molecular weight excluding hydrogens is 327 g/mol. The number of hydrogen-bond donors (Lipinski definition) is 0. The highest BCUT2D eigenvalue weighted by atomic mass is 27.2. The van der Waals surface area contributed by atoms with Crippen molar-refractivity contribution in [3.8, 4) is 0 Å². The van der Waals surface area contributed by atoms with Crippen LogP contribution in [0.15, 0.2) is 30.9 Å². The smallest absolute Gasteiger partial charge is 0.104 e. The highest BCUT2D eigenvalue weighted by Gasteiger charge is 2.30. The number of hydrogen-bond acceptors (Lipinski definition) is 0. The Kier molecular flexibility index (Phi) is 8.26. The molecular formula is C25H43Al. The molecule has 0 bridgehead atoms. The van der Waals surface area contributed by atoms with Crippen LogP contribution in [0, 0.1) is 11.8 Å². The summed E-state index contributed by atoms with van der Waals surface area (Å²) in [6.07, 6.45) is 2.27. The van der Waals surface area contributed by atoms with Gasteiger partial charge >= 0.3 is 0 Å². The summed E-state index contributed by atoms with van der Waals surface area (Å²) >= 11 is -0.958. The van der Waals surface area contributed by atoms with Crippen molar-refractivity contribution >= 4 is 14.1 Å². The predicted molar refractivity (Wildman–Crippen MR) is 122 cm³/mol.